The highest BCUT2D eigenvalue weighted by Gasteiger charge is 2.47. The van der Waals surface area contributed by atoms with E-state index < -0.39 is 17.2 Å². The molecule has 2 saturated carbocycles. The van der Waals surface area contributed by atoms with Gasteiger partial charge < -0.3 is 14.5 Å². The summed E-state index contributed by atoms with van der Waals surface area (Å²) in [5.74, 6) is 0.453. The molecule has 8 heteroatoms. The molecule has 0 radical (unpaired) electrons. The van der Waals surface area contributed by atoms with Crippen molar-refractivity contribution in [3.63, 3.8) is 0 Å². The van der Waals surface area contributed by atoms with Crippen LogP contribution in [0.2, 0.25) is 0 Å². The van der Waals surface area contributed by atoms with E-state index in [1.807, 2.05) is 28.8 Å². The topological polar surface area (TPSA) is 97.0 Å². The minimum absolute atomic E-state index is 0.00910. The highest BCUT2D eigenvalue weighted by molar-refractivity contribution is 6.41. The summed E-state index contributed by atoms with van der Waals surface area (Å²) in [7, 11) is 0. The number of aromatic nitrogens is 2. The van der Waals surface area contributed by atoms with Crippen LogP contribution in [0.5, 0.6) is 0 Å². The number of para-hydroxylation sites is 2. The van der Waals surface area contributed by atoms with Gasteiger partial charge >= 0.3 is 5.97 Å². The maximum Gasteiger partial charge on any atom is 0.360 e. The standard InChI is InChI=1S/C30H40N4O4/c1-18(2)38-32-28(30(36)37)27-29(35)34(26-10-6-5-9-25(26)31-27)24-16-21-11-12-22(17-24)33(21)23-14-19-7-3-4-8-20(13-19)15-23/h5-6,9-10,18-24H,3-4,7-8,11-17H2,1-2H3,(H,36,37)/b32-28-. The number of fused-ring (bicyclic) bond motifs is 5. The van der Waals surface area contributed by atoms with Crippen molar-refractivity contribution in [3.05, 3.63) is 40.3 Å². The third-order valence-electron chi connectivity index (χ3n) is 9.48. The minimum Gasteiger partial charge on any atom is -0.476 e. The van der Waals surface area contributed by atoms with Crippen LogP contribution in [0.3, 0.4) is 0 Å². The van der Waals surface area contributed by atoms with Crippen LogP contribution in [0.25, 0.3) is 11.0 Å². The molecule has 1 aromatic carbocycles. The number of nitrogens with zero attached hydrogens (tertiary/aromatic N) is 4. The monoisotopic (exact) mass is 520 g/mol. The Morgan fingerprint density at radius 1 is 0.947 bits per heavy atom. The van der Waals surface area contributed by atoms with Gasteiger partial charge in [-0.2, -0.15) is 0 Å². The Morgan fingerprint density at radius 3 is 2.24 bits per heavy atom. The molecule has 8 nitrogen and oxygen atoms in total. The average molecular weight is 521 g/mol. The number of piperidine rings is 1. The lowest BCUT2D eigenvalue weighted by Crippen LogP contribution is -2.52. The van der Waals surface area contributed by atoms with Crippen molar-refractivity contribution in [1.29, 1.82) is 0 Å². The maximum absolute atomic E-state index is 13.9. The first-order chi connectivity index (χ1) is 18.4. The summed E-state index contributed by atoms with van der Waals surface area (Å²) in [5.41, 5.74) is 0.388. The average Bonchev–Trinajstić information content (AvgIpc) is 3.04. The van der Waals surface area contributed by atoms with E-state index in [-0.39, 0.29) is 17.8 Å². The van der Waals surface area contributed by atoms with Gasteiger partial charge in [-0.1, -0.05) is 43.0 Å². The Hall–Kier alpha value is -2.74. The zero-order valence-electron chi connectivity index (χ0n) is 22.6. The van der Waals surface area contributed by atoms with Crippen LogP contribution in [0.15, 0.2) is 34.2 Å². The third kappa shape index (κ3) is 4.76. The number of hydrogen-bond acceptors (Lipinski definition) is 6. The molecule has 4 fully saturated rings. The predicted octanol–water partition coefficient (Wildman–Crippen LogP) is 5.14. The predicted molar refractivity (Wildman–Crippen MR) is 146 cm³/mol. The van der Waals surface area contributed by atoms with Gasteiger partial charge in [0.15, 0.2) is 5.69 Å². The summed E-state index contributed by atoms with van der Waals surface area (Å²) in [6.07, 6.45) is 13.6. The number of oxime groups is 1. The summed E-state index contributed by atoms with van der Waals surface area (Å²) in [6, 6.07) is 9.18. The van der Waals surface area contributed by atoms with Gasteiger partial charge in [-0.15, -0.1) is 0 Å². The normalized spacial score (nSPS) is 31.9. The molecule has 2 aromatic rings. The highest BCUT2D eigenvalue weighted by Crippen LogP contribution is 2.47. The van der Waals surface area contributed by atoms with Crippen molar-refractivity contribution >= 4 is 22.7 Å². The molecule has 2 saturated heterocycles. The molecule has 4 atom stereocenters. The van der Waals surface area contributed by atoms with Crippen LogP contribution in [-0.2, 0) is 9.63 Å². The number of carbonyl (C=O) groups is 1. The van der Waals surface area contributed by atoms with Crippen molar-refractivity contribution in [2.24, 2.45) is 17.0 Å². The van der Waals surface area contributed by atoms with E-state index >= 15 is 0 Å². The highest BCUT2D eigenvalue weighted by atomic mass is 16.6. The van der Waals surface area contributed by atoms with Gasteiger partial charge in [0.1, 0.15) is 6.10 Å². The second kappa shape index (κ2) is 10.4. The van der Waals surface area contributed by atoms with Crippen LogP contribution in [0.1, 0.15) is 96.2 Å². The molecule has 4 bridgehead atoms. The molecule has 4 aliphatic rings. The Bertz CT molecular complexity index is 1260. The van der Waals surface area contributed by atoms with Gasteiger partial charge in [0.25, 0.3) is 5.56 Å². The lowest BCUT2D eigenvalue weighted by Gasteiger charge is -2.48. The molecule has 3 heterocycles. The third-order valence-corrected chi connectivity index (χ3v) is 9.48. The van der Waals surface area contributed by atoms with E-state index in [4.69, 9.17) is 4.84 Å². The molecular formula is C30H40N4O4. The number of aliphatic carboxylic acids is 1. The summed E-state index contributed by atoms with van der Waals surface area (Å²) < 4.78 is 1.83. The summed E-state index contributed by atoms with van der Waals surface area (Å²) in [4.78, 5) is 38.7. The van der Waals surface area contributed by atoms with Crippen LogP contribution < -0.4 is 5.56 Å². The van der Waals surface area contributed by atoms with Crippen molar-refractivity contribution in [2.45, 2.75) is 115 Å². The quantitative estimate of drug-likeness (QED) is 0.419. The molecule has 1 aromatic heterocycles. The molecule has 6 rings (SSSR count). The SMILES string of the molecule is CC(C)O/N=C(\C(=O)O)c1nc2ccccc2n(C2CC3CCC(C2)N3C2CC3CCCCC(C3)C2)c1=O. The Kier molecular flexibility index (Phi) is 7.01. The maximum atomic E-state index is 13.9. The van der Waals surface area contributed by atoms with Gasteiger partial charge in [-0.05, 0) is 82.8 Å². The molecule has 4 unspecified atom stereocenters. The first-order valence-corrected chi connectivity index (χ1v) is 14.6. The molecule has 2 aliphatic carbocycles. The number of carboxylic acids is 1. The fourth-order valence-electron chi connectivity index (χ4n) is 8.11. The van der Waals surface area contributed by atoms with Crippen LogP contribution in [0.4, 0.5) is 0 Å². The van der Waals surface area contributed by atoms with Gasteiger partial charge in [-0.25, -0.2) is 9.78 Å². The fraction of sp³-hybridized carbons (Fsp3) is 0.667. The second-order valence-electron chi connectivity index (χ2n) is 12.4. The van der Waals surface area contributed by atoms with Gasteiger partial charge in [-0.3, -0.25) is 9.69 Å². The summed E-state index contributed by atoms with van der Waals surface area (Å²) in [5, 5.41) is 13.7. The van der Waals surface area contributed by atoms with Gasteiger partial charge in [0, 0.05) is 24.2 Å². The van der Waals surface area contributed by atoms with E-state index in [0.717, 1.165) is 30.2 Å². The molecule has 204 valence electrons. The lowest BCUT2D eigenvalue weighted by molar-refractivity contribution is -0.129. The Labute approximate surface area is 224 Å². The molecule has 0 spiro atoms. The first-order valence-electron chi connectivity index (χ1n) is 14.6. The van der Waals surface area contributed by atoms with E-state index in [1.54, 1.807) is 13.8 Å². The number of benzene rings is 1. The smallest absolute Gasteiger partial charge is 0.360 e. The van der Waals surface area contributed by atoms with Crippen molar-refractivity contribution in [1.82, 2.24) is 14.5 Å². The zero-order chi connectivity index (χ0) is 26.4. The number of carboxylic acid groups (broad SMARTS) is 1. The van der Waals surface area contributed by atoms with Crippen LogP contribution in [0, 0.1) is 11.8 Å². The van der Waals surface area contributed by atoms with E-state index in [2.05, 4.69) is 15.0 Å². The van der Waals surface area contributed by atoms with Crippen LogP contribution >= 0.6 is 0 Å². The summed E-state index contributed by atoms with van der Waals surface area (Å²) in [6.45, 7) is 3.53. The molecule has 1 N–H and O–H groups in total. The van der Waals surface area contributed by atoms with Crippen LogP contribution in [-0.4, -0.2) is 55.5 Å². The largest absolute Gasteiger partial charge is 0.476 e. The van der Waals surface area contributed by atoms with E-state index in [0.29, 0.717) is 23.6 Å². The van der Waals surface area contributed by atoms with Crippen molar-refractivity contribution in [2.75, 3.05) is 0 Å². The molecule has 2 aliphatic heterocycles. The van der Waals surface area contributed by atoms with Crippen molar-refractivity contribution < 1.29 is 14.7 Å². The Morgan fingerprint density at radius 2 is 1.61 bits per heavy atom. The number of hydrogen-bond donors (Lipinski definition) is 1. The second-order valence-corrected chi connectivity index (χ2v) is 12.4. The van der Waals surface area contributed by atoms with Crippen molar-refractivity contribution in [3.8, 4) is 0 Å². The summed E-state index contributed by atoms with van der Waals surface area (Å²) >= 11 is 0. The van der Waals surface area contributed by atoms with Gasteiger partial charge in [0.2, 0.25) is 5.71 Å². The minimum atomic E-state index is -1.31. The van der Waals surface area contributed by atoms with E-state index in [1.165, 1.54) is 57.8 Å². The lowest BCUT2D eigenvalue weighted by atomic mass is 9.76. The molecule has 38 heavy (non-hydrogen) atoms. The molecular weight excluding hydrogens is 480 g/mol. The first kappa shape index (κ1) is 25.5. The van der Waals surface area contributed by atoms with Gasteiger partial charge in [0.05, 0.1) is 11.0 Å². The Balaban J connectivity index is 1.34. The molecule has 0 amide bonds. The number of rotatable bonds is 6. The fourth-order valence-corrected chi connectivity index (χ4v) is 8.11. The van der Waals surface area contributed by atoms with E-state index in [9.17, 15) is 14.7 Å². The zero-order valence-corrected chi connectivity index (χ0v) is 22.6.